The second-order valence-electron chi connectivity index (χ2n) is 5.48. The van der Waals surface area contributed by atoms with E-state index in [9.17, 15) is 0 Å². The van der Waals surface area contributed by atoms with E-state index in [1.54, 1.807) is 11.3 Å². The van der Waals surface area contributed by atoms with Crippen LogP contribution >= 0.6 is 22.9 Å². The molecule has 1 aromatic carbocycles. The summed E-state index contributed by atoms with van der Waals surface area (Å²) in [4.78, 5) is 2.32. The third-order valence-electron chi connectivity index (χ3n) is 3.93. The Balaban J connectivity index is 1.59. The Labute approximate surface area is 145 Å². The van der Waals surface area contributed by atoms with Crippen molar-refractivity contribution in [1.29, 1.82) is 5.26 Å². The van der Waals surface area contributed by atoms with Crippen LogP contribution in [0.25, 0.3) is 6.08 Å². The highest BCUT2D eigenvalue weighted by atomic mass is 35.5. The molecule has 1 aromatic heterocycles. The molecule has 0 N–H and O–H groups in total. The van der Waals surface area contributed by atoms with Gasteiger partial charge in [-0.2, -0.15) is 5.26 Å². The molecule has 0 radical (unpaired) electrons. The minimum absolute atomic E-state index is 0.761. The number of nitriles is 1. The number of piperidine rings is 1. The van der Waals surface area contributed by atoms with E-state index in [1.807, 2.05) is 35.7 Å². The summed E-state index contributed by atoms with van der Waals surface area (Å²) >= 11 is 7.64. The molecule has 1 aliphatic rings. The summed E-state index contributed by atoms with van der Waals surface area (Å²) in [5.74, 6) is 0. The van der Waals surface area contributed by atoms with Crippen molar-refractivity contribution in [1.82, 2.24) is 0 Å². The minimum Gasteiger partial charge on any atom is -0.362 e. The maximum atomic E-state index is 9.13. The molecule has 2 nitrogen and oxygen atoms in total. The standard InChI is InChI=1S/C19H17ClN2S/c20-18-6-2-5-16(13-18)4-1-3-15-7-10-22(11-8-15)19-17(14-21)9-12-23-19/h1-6,9,12-13H,7-8,10-11H2/b4-1+. The summed E-state index contributed by atoms with van der Waals surface area (Å²) in [5.41, 5.74) is 3.36. The number of halogens is 1. The van der Waals surface area contributed by atoms with E-state index in [0.717, 1.165) is 47.1 Å². The molecule has 0 amide bonds. The largest absolute Gasteiger partial charge is 0.362 e. The van der Waals surface area contributed by atoms with Crippen LogP contribution in [0.1, 0.15) is 24.0 Å². The van der Waals surface area contributed by atoms with Crippen LogP contribution in [0, 0.1) is 11.3 Å². The SMILES string of the molecule is N#Cc1ccsc1N1CCC(=C/C=C/c2cccc(Cl)c2)CC1. The van der Waals surface area contributed by atoms with Gasteiger partial charge in [0.1, 0.15) is 11.1 Å². The van der Waals surface area contributed by atoms with Crippen molar-refractivity contribution < 1.29 is 0 Å². The summed E-state index contributed by atoms with van der Waals surface area (Å²) in [6.45, 7) is 1.96. The van der Waals surface area contributed by atoms with Gasteiger partial charge in [0.15, 0.2) is 0 Å². The Morgan fingerprint density at radius 1 is 1.22 bits per heavy atom. The molecule has 1 fully saturated rings. The second kappa shape index (κ2) is 7.50. The lowest BCUT2D eigenvalue weighted by atomic mass is 10.0. The zero-order valence-corrected chi connectivity index (χ0v) is 14.3. The van der Waals surface area contributed by atoms with Gasteiger partial charge in [0.25, 0.3) is 0 Å². The van der Waals surface area contributed by atoms with Crippen molar-refractivity contribution in [2.75, 3.05) is 18.0 Å². The van der Waals surface area contributed by atoms with E-state index in [1.165, 1.54) is 5.57 Å². The molecule has 116 valence electrons. The first-order valence-corrected chi connectivity index (χ1v) is 8.86. The fraction of sp³-hybridized carbons (Fsp3) is 0.211. The molecule has 0 bridgehead atoms. The van der Waals surface area contributed by atoms with Gasteiger partial charge >= 0.3 is 0 Å². The van der Waals surface area contributed by atoms with Gasteiger partial charge in [-0.3, -0.25) is 0 Å². The monoisotopic (exact) mass is 340 g/mol. The lowest BCUT2D eigenvalue weighted by molar-refractivity contribution is 0.689. The van der Waals surface area contributed by atoms with Crippen LogP contribution in [0.15, 0.2) is 53.4 Å². The van der Waals surface area contributed by atoms with Gasteiger partial charge in [0.05, 0.1) is 5.56 Å². The fourth-order valence-corrected chi connectivity index (χ4v) is 3.80. The lowest BCUT2D eigenvalue weighted by Gasteiger charge is -2.29. The van der Waals surface area contributed by atoms with Gasteiger partial charge in [0.2, 0.25) is 0 Å². The number of allylic oxidation sites excluding steroid dienone is 2. The number of nitrogens with zero attached hydrogens (tertiary/aromatic N) is 2. The van der Waals surface area contributed by atoms with Gasteiger partial charge < -0.3 is 4.90 Å². The van der Waals surface area contributed by atoms with Gasteiger partial charge in [-0.1, -0.05) is 47.5 Å². The molecular weight excluding hydrogens is 324 g/mol. The molecule has 0 unspecified atom stereocenters. The van der Waals surface area contributed by atoms with Crippen LogP contribution < -0.4 is 4.90 Å². The van der Waals surface area contributed by atoms with Crippen LogP contribution in [-0.2, 0) is 0 Å². The summed E-state index contributed by atoms with van der Waals surface area (Å²) in [6.07, 6.45) is 8.48. The zero-order chi connectivity index (χ0) is 16.1. The van der Waals surface area contributed by atoms with E-state index >= 15 is 0 Å². The molecule has 1 saturated heterocycles. The maximum Gasteiger partial charge on any atom is 0.109 e. The Morgan fingerprint density at radius 3 is 2.78 bits per heavy atom. The fourth-order valence-electron chi connectivity index (χ4n) is 2.70. The van der Waals surface area contributed by atoms with Crippen LogP contribution in [0.4, 0.5) is 5.00 Å². The highest BCUT2D eigenvalue weighted by Crippen LogP contribution is 2.30. The van der Waals surface area contributed by atoms with E-state index < -0.39 is 0 Å². The molecule has 0 saturated carbocycles. The van der Waals surface area contributed by atoms with Crippen molar-refractivity contribution in [2.45, 2.75) is 12.8 Å². The zero-order valence-electron chi connectivity index (χ0n) is 12.7. The Bertz CT molecular complexity index is 773. The molecule has 1 aliphatic heterocycles. The van der Waals surface area contributed by atoms with Crippen molar-refractivity contribution in [3.05, 3.63) is 69.6 Å². The normalized spacial score (nSPS) is 15.0. The average Bonchev–Trinajstić information content (AvgIpc) is 3.04. The second-order valence-corrected chi connectivity index (χ2v) is 6.81. The molecule has 0 spiro atoms. The van der Waals surface area contributed by atoms with E-state index in [4.69, 9.17) is 16.9 Å². The van der Waals surface area contributed by atoms with Crippen molar-refractivity contribution in [3.8, 4) is 6.07 Å². The number of rotatable bonds is 3. The van der Waals surface area contributed by atoms with Gasteiger partial charge in [0, 0.05) is 18.1 Å². The Hall–Kier alpha value is -2.02. The van der Waals surface area contributed by atoms with Crippen LogP contribution in [0.5, 0.6) is 0 Å². The highest BCUT2D eigenvalue weighted by Gasteiger charge is 2.17. The van der Waals surface area contributed by atoms with Crippen LogP contribution in [-0.4, -0.2) is 13.1 Å². The number of thiophene rings is 1. The molecule has 4 heteroatoms. The molecule has 2 heterocycles. The number of hydrogen-bond acceptors (Lipinski definition) is 3. The molecule has 3 rings (SSSR count). The summed E-state index contributed by atoms with van der Waals surface area (Å²) in [5, 5.41) is 13.0. The molecule has 2 aromatic rings. The first kappa shape index (κ1) is 15.9. The third kappa shape index (κ3) is 4.04. The van der Waals surface area contributed by atoms with Gasteiger partial charge in [-0.15, -0.1) is 11.3 Å². The Morgan fingerprint density at radius 2 is 2.04 bits per heavy atom. The summed E-state index contributed by atoms with van der Waals surface area (Å²) in [7, 11) is 0. The maximum absolute atomic E-state index is 9.13. The van der Waals surface area contributed by atoms with Crippen molar-refractivity contribution in [2.24, 2.45) is 0 Å². The van der Waals surface area contributed by atoms with E-state index in [-0.39, 0.29) is 0 Å². The molecular formula is C19H17ClN2S. The highest BCUT2D eigenvalue weighted by molar-refractivity contribution is 7.14. The molecule has 0 atom stereocenters. The predicted octanol–water partition coefficient (Wildman–Crippen LogP) is 5.51. The van der Waals surface area contributed by atoms with Crippen LogP contribution in [0.3, 0.4) is 0 Å². The molecule has 23 heavy (non-hydrogen) atoms. The Kier molecular flexibility index (Phi) is 5.17. The van der Waals surface area contributed by atoms with Crippen molar-refractivity contribution >= 4 is 34.0 Å². The first-order chi connectivity index (χ1) is 11.3. The summed E-state index contributed by atoms with van der Waals surface area (Å²) in [6, 6.07) is 12.0. The lowest BCUT2D eigenvalue weighted by Crippen LogP contribution is -2.30. The number of anilines is 1. The number of hydrogen-bond donors (Lipinski definition) is 0. The topological polar surface area (TPSA) is 27.0 Å². The van der Waals surface area contributed by atoms with E-state index in [0.29, 0.717) is 0 Å². The van der Waals surface area contributed by atoms with E-state index in [2.05, 4.69) is 29.2 Å². The van der Waals surface area contributed by atoms with Gasteiger partial charge in [-0.25, -0.2) is 0 Å². The molecule has 0 aliphatic carbocycles. The minimum atomic E-state index is 0.761. The smallest absolute Gasteiger partial charge is 0.109 e. The first-order valence-electron chi connectivity index (χ1n) is 7.60. The predicted molar refractivity (Wildman–Crippen MR) is 99.1 cm³/mol. The average molecular weight is 341 g/mol. The van der Waals surface area contributed by atoms with Gasteiger partial charge in [-0.05, 0) is 42.0 Å². The number of benzene rings is 1. The van der Waals surface area contributed by atoms with Crippen molar-refractivity contribution in [3.63, 3.8) is 0 Å². The van der Waals surface area contributed by atoms with Crippen LogP contribution in [0.2, 0.25) is 5.02 Å². The third-order valence-corrected chi connectivity index (χ3v) is 5.14. The summed E-state index contributed by atoms with van der Waals surface area (Å²) < 4.78 is 0. The quantitative estimate of drug-likeness (QED) is 0.736.